The maximum Gasteiger partial charge on any atom is 0.245 e. The van der Waals surface area contributed by atoms with E-state index in [1.54, 1.807) is 26.2 Å². The zero-order chi connectivity index (χ0) is 38.1. The number of benzene rings is 4. The van der Waals surface area contributed by atoms with Crippen LogP contribution in [0.25, 0.3) is 0 Å². The average Bonchev–Trinajstić information content (AvgIpc) is 3.13. The van der Waals surface area contributed by atoms with Crippen LogP contribution in [0, 0.1) is 10.8 Å². The van der Waals surface area contributed by atoms with Crippen molar-refractivity contribution in [3.8, 4) is 17.2 Å². The minimum absolute atomic E-state index is 0.000223. The van der Waals surface area contributed by atoms with Crippen molar-refractivity contribution in [1.29, 1.82) is 0 Å². The van der Waals surface area contributed by atoms with E-state index in [-0.39, 0.29) is 22.8 Å². The molecule has 0 fully saturated rings. The molecule has 52 heavy (non-hydrogen) atoms. The molecular formula is C43H57N4O4P. The third kappa shape index (κ3) is 9.80. The van der Waals surface area contributed by atoms with Gasteiger partial charge in [-0.1, -0.05) is 78.5 Å². The Morgan fingerprint density at radius 3 is 1.48 bits per heavy atom. The van der Waals surface area contributed by atoms with E-state index in [9.17, 15) is 4.79 Å². The van der Waals surface area contributed by atoms with Gasteiger partial charge in [-0.3, -0.25) is 9.54 Å². The van der Waals surface area contributed by atoms with E-state index in [0.717, 1.165) is 38.7 Å². The van der Waals surface area contributed by atoms with Crippen molar-refractivity contribution >= 4 is 28.9 Å². The summed E-state index contributed by atoms with van der Waals surface area (Å²) in [6.45, 7) is 18.2. The number of amides is 1. The van der Waals surface area contributed by atoms with Gasteiger partial charge in [-0.25, -0.2) is 0 Å². The van der Waals surface area contributed by atoms with E-state index in [1.807, 2.05) is 73.8 Å². The van der Waals surface area contributed by atoms with Crippen molar-refractivity contribution in [2.24, 2.45) is 15.6 Å². The highest BCUT2D eigenvalue weighted by atomic mass is 31.2. The predicted molar refractivity (Wildman–Crippen MR) is 217 cm³/mol. The van der Waals surface area contributed by atoms with Crippen LogP contribution >= 0.6 is 7.05 Å². The van der Waals surface area contributed by atoms with Crippen LogP contribution in [0.3, 0.4) is 0 Å². The largest absolute Gasteiger partial charge is 0.497 e. The van der Waals surface area contributed by atoms with Gasteiger partial charge in [0.05, 0.1) is 46.8 Å². The molecule has 8 nitrogen and oxygen atoms in total. The molecule has 278 valence electrons. The molecule has 0 aromatic heterocycles. The number of nitrogens with zero attached hydrogens (tertiary/aromatic N) is 2. The summed E-state index contributed by atoms with van der Waals surface area (Å²) in [5.41, 5.74) is 0.468. The highest BCUT2D eigenvalue weighted by Crippen LogP contribution is 2.47. The molecular weight excluding hydrogens is 667 g/mol. The Labute approximate surface area is 311 Å². The Kier molecular flexibility index (Phi) is 13.3. The number of nitrogens with one attached hydrogen (secondary N) is 2. The van der Waals surface area contributed by atoms with Gasteiger partial charge in [-0.05, 0) is 89.2 Å². The number of hydrogen-bond acceptors (Lipinski definition) is 7. The van der Waals surface area contributed by atoms with Gasteiger partial charge >= 0.3 is 0 Å². The van der Waals surface area contributed by atoms with Crippen LogP contribution < -0.4 is 40.8 Å². The zero-order valence-electron chi connectivity index (χ0n) is 32.6. The van der Waals surface area contributed by atoms with Crippen molar-refractivity contribution in [3.05, 3.63) is 121 Å². The van der Waals surface area contributed by atoms with Gasteiger partial charge in [0.2, 0.25) is 5.91 Å². The lowest BCUT2D eigenvalue weighted by atomic mass is 9.85. The van der Waals surface area contributed by atoms with E-state index in [2.05, 4.69) is 95.2 Å². The van der Waals surface area contributed by atoms with Crippen LogP contribution in [-0.4, -0.2) is 57.8 Å². The summed E-state index contributed by atoms with van der Waals surface area (Å²) < 4.78 is 22.4. The molecule has 0 saturated carbocycles. The summed E-state index contributed by atoms with van der Waals surface area (Å²) in [6.07, 6.45) is 0. The number of carbonyl (C=O) groups excluding carboxylic acids is 1. The third-order valence-electron chi connectivity index (χ3n) is 9.28. The molecule has 0 aliphatic rings. The predicted octanol–water partition coefficient (Wildman–Crippen LogP) is 7.33. The monoisotopic (exact) mass is 724 g/mol. The molecule has 0 radical (unpaired) electrons. The minimum Gasteiger partial charge on any atom is -0.497 e. The molecule has 0 heterocycles. The van der Waals surface area contributed by atoms with Gasteiger partial charge < -0.3 is 29.7 Å². The van der Waals surface area contributed by atoms with E-state index in [0.29, 0.717) is 18.9 Å². The van der Waals surface area contributed by atoms with Crippen molar-refractivity contribution in [3.63, 3.8) is 0 Å². The zero-order valence-corrected chi connectivity index (χ0v) is 33.5. The van der Waals surface area contributed by atoms with E-state index < -0.39 is 13.1 Å². The highest BCUT2D eigenvalue weighted by Gasteiger charge is 2.35. The minimum atomic E-state index is -2.62. The van der Waals surface area contributed by atoms with E-state index >= 15 is 0 Å². The standard InChI is InChI=1S/C43H57N4O4P/c1-31(46-40(43(5,6)7)41(48)47(8)30-32-15-13-12-14-16-32)45-39(42(2,3)4)29-44-52(36-23-17-33(49-9)18-24-36,37-25-19-34(50-10)20-26-37)38-27-21-35(51-11)22-28-38/h12-28,39-40,45-46H,1,29-30H2,2-11H3/t39-,40+/m1/s1. The third-order valence-corrected chi connectivity index (χ3v) is 13.0. The Balaban J connectivity index is 1.76. The molecule has 4 aromatic rings. The van der Waals surface area contributed by atoms with Gasteiger partial charge in [0.15, 0.2) is 0 Å². The van der Waals surface area contributed by atoms with Crippen molar-refractivity contribution < 1.29 is 19.0 Å². The lowest BCUT2D eigenvalue weighted by Gasteiger charge is -2.38. The fourth-order valence-corrected chi connectivity index (χ4v) is 9.59. The highest BCUT2D eigenvalue weighted by molar-refractivity contribution is 7.87. The normalized spacial score (nSPS) is 13.0. The molecule has 9 heteroatoms. The first-order valence-electron chi connectivity index (χ1n) is 17.6. The van der Waals surface area contributed by atoms with Gasteiger partial charge in [0.1, 0.15) is 23.3 Å². The second-order valence-electron chi connectivity index (χ2n) is 15.2. The fraction of sp³-hybridized carbons (Fsp3) is 0.372. The molecule has 4 aromatic carbocycles. The summed E-state index contributed by atoms with van der Waals surface area (Å²) in [5.74, 6) is 2.92. The summed E-state index contributed by atoms with van der Waals surface area (Å²) >= 11 is 0. The van der Waals surface area contributed by atoms with Crippen LogP contribution in [0.15, 0.2) is 120 Å². The molecule has 0 spiro atoms. The second-order valence-corrected chi connectivity index (χ2v) is 18.3. The molecule has 0 unspecified atom stereocenters. The topological polar surface area (TPSA) is 84.4 Å². The Morgan fingerprint density at radius 2 is 1.12 bits per heavy atom. The Bertz CT molecular complexity index is 1690. The number of hydrogen-bond donors (Lipinski definition) is 2. The summed E-state index contributed by atoms with van der Waals surface area (Å²) in [6, 6.07) is 34.1. The van der Waals surface area contributed by atoms with Crippen LogP contribution in [0.2, 0.25) is 0 Å². The molecule has 0 aliphatic heterocycles. The summed E-state index contributed by atoms with van der Waals surface area (Å²) in [7, 11) is 4.26. The molecule has 0 aliphatic carbocycles. The molecule has 4 rings (SSSR count). The number of carbonyl (C=O) groups is 1. The Morgan fingerprint density at radius 1 is 0.692 bits per heavy atom. The van der Waals surface area contributed by atoms with Crippen LogP contribution in [-0.2, 0) is 11.3 Å². The van der Waals surface area contributed by atoms with Gasteiger partial charge in [0, 0.05) is 29.5 Å². The van der Waals surface area contributed by atoms with Crippen LogP contribution in [0.4, 0.5) is 0 Å². The second kappa shape index (κ2) is 17.2. The maximum absolute atomic E-state index is 13.9. The average molecular weight is 725 g/mol. The van der Waals surface area contributed by atoms with E-state index in [4.69, 9.17) is 19.0 Å². The van der Waals surface area contributed by atoms with Crippen molar-refractivity contribution in [2.75, 3.05) is 34.9 Å². The smallest absolute Gasteiger partial charge is 0.245 e. The van der Waals surface area contributed by atoms with E-state index in [1.165, 1.54) is 0 Å². The number of rotatable bonds is 15. The summed E-state index contributed by atoms with van der Waals surface area (Å²) in [4.78, 5) is 15.7. The quantitative estimate of drug-likeness (QED) is 0.125. The van der Waals surface area contributed by atoms with Crippen molar-refractivity contribution in [1.82, 2.24) is 15.5 Å². The van der Waals surface area contributed by atoms with Crippen LogP contribution in [0.1, 0.15) is 47.1 Å². The van der Waals surface area contributed by atoms with Gasteiger partial charge in [-0.2, -0.15) is 0 Å². The Hall–Kier alpha value is -4.68. The maximum atomic E-state index is 13.9. The molecule has 2 atom stereocenters. The molecule has 0 saturated heterocycles. The first kappa shape index (κ1) is 40.1. The summed E-state index contributed by atoms with van der Waals surface area (Å²) in [5, 5.41) is 10.4. The lowest BCUT2D eigenvalue weighted by Crippen LogP contribution is -2.54. The first-order valence-corrected chi connectivity index (χ1v) is 19.4. The molecule has 0 bridgehead atoms. The van der Waals surface area contributed by atoms with Gasteiger partial charge in [-0.15, -0.1) is 0 Å². The molecule has 1 amide bonds. The fourth-order valence-electron chi connectivity index (χ4n) is 6.06. The van der Waals surface area contributed by atoms with Crippen molar-refractivity contribution in [2.45, 2.75) is 60.2 Å². The van der Waals surface area contributed by atoms with Gasteiger partial charge in [0.25, 0.3) is 0 Å². The molecule has 2 N–H and O–H groups in total. The number of methoxy groups -OCH3 is 3. The lowest BCUT2D eigenvalue weighted by molar-refractivity contribution is -0.135. The first-order chi connectivity index (χ1) is 24.6. The number of ether oxygens (including phenoxy) is 3. The SMILES string of the molecule is C=C(N[C@H](CN=P(c1ccc(OC)cc1)(c1ccc(OC)cc1)c1ccc(OC)cc1)C(C)(C)C)N[C@@H](C(=O)N(C)Cc1ccccc1)C(C)(C)C. The van der Waals surface area contributed by atoms with Crippen LogP contribution in [0.5, 0.6) is 17.2 Å². The number of likely N-dealkylation sites (N-methyl/N-ethyl adjacent to an activating group) is 1.